The first-order chi connectivity index (χ1) is 10.1. The van der Waals surface area contributed by atoms with E-state index in [4.69, 9.17) is 0 Å². The minimum atomic E-state index is -0.292. The number of hydrogen-bond acceptors (Lipinski definition) is 1. The van der Waals surface area contributed by atoms with Gasteiger partial charge in [-0.3, -0.25) is 4.48 Å². The molecule has 2 bridgehead atoms. The number of fused-ring (bicyclic) bond motifs is 2. The Kier molecular flexibility index (Phi) is 3.36. The highest BCUT2D eigenvalue weighted by atomic mass is 16.3. The molecule has 2 nitrogen and oxygen atoms in total. The molecule has 1 aromatic rings. The maximum Gasteiger partial charge on any atom is 0.132 e. The lowest BCUT2D eigenvalue weighted by molar-refractivity contribution is 0.0264. The van der Waals surface area contributed by atoms with Crippen LogP contribution in [0.5, 0.6) is 0 Å². The van der Waals surface area contributed by atoms with Crippen LogP contribution in [0.3, 0.4) is 0 Å². The lowest BCUT2D eigenvalue weighted by Gasteiger charge is -2.36. The molecule has 3 rings (SSSR count). The summed E-state index contributed by atoms with van der Waals surface area (Å²) in [4.78, 5) is 0. The molecule has 2 aliphatic carbocycles. The van der Waals surface area contributed by atoms with Gasteiger partial charge in [0.2, 0.25) is 0 Å². The van der Waals surface area contributed by atoms with Crippen LogP contribution in [0.15, 0.2) is 29.8 Å². The van der Waals surface area contributed by atoms with Crippen LogP contribution >= 0.6 is 0 Å². The van der Waals surface area contributed by atoms with Crippen molar-refractivity contribution in [3.63, 3.8) is 0 Å². The van der Waals surface area contributed by atoms with Crippen molar-refractivity contribution in [2.75, 3.05) is 21.1 Å². The molecule has 0 spiro atoms. The fourth-order valence-corrected chi connectivity index (χ4v) is 4.55. The highest BCUT2D eigenvalue weighted by Gasteiger charge is 2.63. The third-order valence-electron chi connectivity index (χ3n) is 6.62. The number of quaternary nitrogens is 1. The molecule has 3 atom stereocenters. The summed E-state index contributed by atoms with van der Waals surface area (Å²) in [5, 5.41) is 10.8. The summed E-state index contributed by atoms with van der Waals surface area (Å²) in [5.41, 5.74) is 3.98. The van der Waals surface area contributed by atoms with E-state index in [0.717, 1.165) is 10.9 Å². The highest BCUT2D eigenvalue weighted by molar-refractivity contribution is 5.60. The minimum absolute atomic E-state index is 0.0335. The predicted octanol–water partition coefficient (Wildman–Crippen LogP) is 4.08. The molecule has 2 saturated carbocycles. The lowest BCUT2D eigenvalue weighted by atomic mass is 9.70. The molecule has 0 saturated heterocycles. The number of rotatable bonds is 2. The van der Waals surface area contributed by atoms with Crippen LogP contribution in [0, 0.1) is 16.7 Å². The van der Waals surface area contributed by atoms with E-state index < -0.39 is 0 Å². The Balaban J connectivity index is 1.94. The molecule has 2 heteroatoms. The topological polar surface area (TPSA) is 20.2 Å². The van der Waals surface area contributed by atoms with Crippen LogP contribution in [0.4, 0.5) is 5.69 Å². The van der Waals surface area contributed by atoms with Crippen molar-refractivity contribution < 1.29 is 5.11 Å². The van der Waals surface area contributed by atoms with Crippen LogP contribution in [-0.4, -0.2) is 32.4 Å². The Morgan fingerprint density at radius 1 is 1.09 bits per heavy atom. The molecule has 22 heavy (non-hydrogen) atoms. The predicted molar refractivity (Wildman–Crippen MR) is 94.6 cm³/mol. The lowest BCUT2D eigenvalue weighted by Crippen LogP contribution is -2.35. The first-order valence-electron chi connectivity index (χ1n) is 8.39. The van der Waals surface area contributed by atoms with E-state index in [1.807, 2.05) is 0 Å². The molecule has 2 aliphatic rings. The molecule has 0 radical (unpaired) electrons. The summed E-state index contributed by atoms with van der Waals surface area (Å²) in [6.07, 6.45) is 4.30. The second-order valence-electron chi connectivity index (χ2n) is 8.88. The SMILES string of the molecule is CC1(C)C2CCC1(C)C(O)/C2=C/c1ccc([N+](C)(C)C)cc1. The second kappa shape index (κ2) is 4.69. The van der Waals surface area contributed by atoms with E-state index in [0.29, 0.717) is 5.92 Å². The average molecular weight is 300 g/mol. The van der Waals surface area contributed by atoms with Crippen molar-refractivity contribution in [2.45, 2.75) is 39.7 Å². The molecule has 0 aromatic heterocycles. The van der Waals surface area contributed by atoms with Crippen molar-refractivity contribution in [1.29, 1.82) is 0 Å². The molecule has 3 unspecified atom stereocenters. The van der Waals surface area contributed by atoms with Gasteiger partial charge in [-0.05, 0) is 59.6 Å². The maximum atomic E-state index is 10.8. The van der Waals surface area contributed by atoms with Gasteiger partial charge in [-0.15, -0.1) is 0 Å². The van der Waals surface area contributed by atoms with E-state index in [1.54, 1.807) is 0 Å². The zero-order valence-corrected chi connectivity index (χ0v) is 14.9. The minimum Gasteiger partial charge on any atom is -0.388 e. The van der Waals surface area contributed by atoms with Crippen molar-refractivity contribution in [1.82, 2.24) is 4.48 Å². The molecule has 0 amide bonds. The highest BCUT2D eigenvalue weighted by Crippen LogP contribution is 2.67. The standard InChI is InChI=1S/C20H30NO/c1-19(2)17-11-12-20(19,3)18(22)16(17)13-14-7-9-15(10-8-14)21(4,5)6/h7-10,13,17-18,22H,11-12H2,1-6H3/q+1/b16-13+. The molecule has 0 aliphatic heterocycles. The Hall–Kier alpha value is -1.12. The van der Waals surface area contributed by atoms with Crippen molar-refractivity contribution in [3.05, 3.63) is 35.4 Å². The summed E-state index contributed by atoms with van der Waals surface area (Å²) in [7, 11) is 6.53. The fraction of sp³-hybridized carbons (Fsp3) is 0.600. The Bertz CT molecular complexity index is 606. The number of benzene rings is 1. The third kappa shape index (κ3) is 2.08. The molecule has 120 valence electrons. The van der Waals surface area contributed by atoms with Gasteiger partial charge < -0.3 is 5.11 Å². The Morgan fingerprint density at radius 3 is 2.14 bits per heavy atom. The first-order valence-corrected chi connectivity index (χ1v) is 8.39. The van der Waals surface area contributed by atoms with Crippen LogP contribution < -0.4 is 4.48 Å². The van der Waals surface area contributed by atoms with Gasteiger partial charge in [0.15, 0.2) is 0 Å². The number of aliphatic hydroxyl groups is 1. The normalized spacial score (nSPS) is 35.3. The molecular formula is C20H30NO+. The third-order valence-corrected chi connectivity index (χ3v) is 6.62. The van der Waals surface area contributed by atoms with Gasteiger partial charge in [0.25, 0.3) is 0 Å². The van der Waals surface area contributed by atoms with Crippen LogP contribution in [0.1, 0.15) is 39.2 Å². The number of aliphatic hydroxyl groups excluding tert-OH is 1. The number of hydrogen-bond donors (Lipinski definition) is 1. The molecule has 0 heterocycles. The summed E-state index contributed by atoms with van der Waals surface area (Å²) < 4.78 is 0.827. The molecule has 2 fully saturated rings. The van der Waals surface area contributed by atoms with E-state index in [1.165, 1.54) is 23.2 Å². The van der Waals surface area contributed by atoms with E-state index in [9.17, 15) is 5.11 Å². The average Bonchev–Trinajstić information content (AvgIpc) is 2.73. The molecule has 1 aromatic carbocycles. The van der Waals surface area contributed by atoms with Crippen molar-refractivity contribution in [2.24, 2.45) is 16.7 Å². The summed E-state index contributed by atoms with van der Waals surface area (Å²) >= 11 is 0. The van der Waals surface area contributed by atoms with E-state index >= 15 is 0 Å². The summed E-state index contributed by atoms with van der Waals surface area (Å²) in [6.45, 7) is 6.92. The largest absolute Gasteiger partial charge is 0.388 e. The van der Waals surface area contributed by atoms with Gasteiger partial charge in [0.1, 0.15) is 5.69 Å². The Labute approximate surface area is 135 Å². The van der Waals surface area contributed by atoms with E-state index in [-0.39, 0.29) is 16.9 Å². The smallest absolute Gasteiger partial charge is 0.132 e. The molecular weight excluding hydrogens is 270 g/mol. The Morgan fingerprint density at radius 2 is 1.68 bits per heavy atom. The van der Waals surface area contributed by atoms with Gasteiger partial charge in [-0.1, -0.05) is 26.8 Å². The van der Waals surface area contributed by atoms with Gasteiger partial charge in [0, 0.05) is 5.41 Å². The van der Waals surface area contributed by atoms with Crippen LogP contribution in [-0.2, 0) is 0 Å². The van der Waals surface area contributed by atoms with E-state index in [2.05, 4.69) is 72.3 Å². The van der Waals surface area contributed by atoms with Crippen LogP contribution in [0.2, 0.25) is 0 Å². The van der Waals surface area contributed by atoms with Gasteiger partial charge in [-0.25, -0.2) is 0 Å². The zero-order valence-electron chi connectivity index (χ0n) is 14.9. The fourth-order valence-electron chi connectivity index (χ4n) is 4.55. The quantitative estimate of drug-likeness (QED) is 0.816. The monoisotopic (exact) mass is 300 g/mol. The van der Waals surface area contributed by atoms with Gasteiger partial charge >= 0.3 is 0 Å². The van der Waals surface area contributed by atoms with Crippen molar-refractivity contribution in [3.8, 4) is 0 Å². The zero-order chi connectivity index (χ0) is 16.3. The number of nitrogens with zero attached hydrogens (tertiary/aromatic N) is 1. The second-order valence-corrected chi connectivity index (χ2v) is 8.88. The van der Waals surface area contributed by atoms with Crippen molar-refractivity contribution >= 4 is 11.8 Å². The summed E-state index contributed by atoms with van der Waals surface area (Å²) in [6, 6.07) is 8.75. The summed E-state index contributed by atoms with van der Waals surface area (Å²) in [5.74, 6) is 0.519. The van der Waals surface area contributed by atoms with Gasteiger partial charge in [-0.2, -0.15) is 0 Å². The maximum absolute atomic E-state index is 10.8. The molecule has 1 N–H and O–H groups in total. The van der Waals surface area contributed by atoms with Crippen LogP contribution in [0.25, 0.3) is 6.08 Å². The first kappa shape index (κ1) is 15.8. The van der Waals surface area contributed by atoms with Gasteiger partial charge in [0.05, 0.1) is 27.2 Å².